The fourth-order valence-corrected chi connectivity index (χ4v) is 4.85. The Morgan fingerprint density at radius 2 is 1.59 bits per heavy atom. The zero-order valence-electron chi connectivity index (χ0n) is 19.2. The van der Waals surface area contributed by atoms with Gasteiger partial charge >= 0.3 is 0 Å². The van der Waals surface area contributed by atoms with Gasteiger partial charge in [0.25, 0.3) is 0 Å². The summed E-state index contributed by atoms with van der Waals surface area (Å²) in [6.07, 6.45) is 2.05. The Morgan fingerprint density at radius 3 is 2.09 bits per heavy atom. The fourth-order valence-electron chi connectivity index (χ4n) is 3.36. The molecule has 1 N–H and O–H groups in total. The molecule has 2 aromatic carbocycles. The van der Waals surface area contributed by atoms with Gasteiger partial charge in [0.2, 0.25) is 21.8 Å². The van der Waals surface area contributed by atoms with Crippen LogP contribution in [0.25, 0.3) is 0 Å². The van der Waals surface area contributed by atoms with Crippen molar-refractivity contribution < 1.29 is 18.0 Å². The van der Waals surface area contributed by atoms with Gasteiger partial charge in [0, 0.05) is 33.7 Å². The minimum atomic E-state index is -3.83. The number of hydrogen-bond acceptors (Lipinski definition) is 4. The summed E-state index contributed by atoms with van der Waals surface area (Å²) < 4.78 is 26.1. The summed E-state index contributed by atoms with van der Waals surface area (Å²) in [7, 11) is -3.83. The maximum Gasteiger partial charge on any atom is 0.244 e. The number of halogens is 3. The smallest absolute Gasteiger partial charge is 0.244 e. The molecule has 34 heavy (non-hydrogen) atoms. The Morgan fingerprint density at radius 1 is 1.00 bits per heavy atom. The van der Waals surface area contributed by atoms with Crippen LogP contribution in [0.4, 0.5) is 5.69 Å². The van der Waals surface area contributed by atoms with E-state index >= 15 is 0 Å². The summed E-state index contributed by atoms with van der Waals surface area (Å²) >= 11 is 18.6. The van der Waals surface area contributed by atoms with Crippen molar-refractivity contribution in [3.8, 4) is 0 Å². The number of benzene rings is 2. The Kier molecular flexibility index (Phi) is 10.5. The lowest BCUT2D eigenvalue weighted by molar-refractivity contribution is -0.140. The predicted octanol–water partition coefficient (Wildman–Crippen LogP) is 4.75. The van der Waals surface area contributed by atoms with Gasteiger partial charge in [-0.15, -0.1) is 0 Å². The maximum atomic E-state index is 13.6. The van der Waals surface area contributed by atoms with Crippen LogP contribution in [0.2, 0.25) is 15.1 Å². The Balaban J connectivity index is 2.47. The van der Waals surface area contributed by atoms with Crippen LogP contribution in [-0.2, 0) is 26.2 Å². The fraction of sp³-hybridized carbons (Fsp3) is 0.391. The van der Waals surface area contributed by atoms with E-state index in [1.807, 2.05) is 6.92 Å². The Hall–Kier alpha value is -2.00. The molecule has 0 spiro atoms. The molecule has 0 saturated carbocycles. The molecule has 0 aromatic heterocycles. The van der Waals surface area contributed by atoms with E-state index in [4.69, 9.17) is 34.8 Å². The molecule has 2 aromatic rings. The van der Waals surface area contributed by atoms with Crippen LogP contribution in [0.3, 0.4) is 0 Å². The molecule has 11 heteroatoms. The number of rotatable bonds is 11. The summed E-state index contributed by atoms with van der Waals surface area (Å²) in [6.45, 7) is 3.57. The van der Waals surface area contributed by atoms with E-state index in [-0.39, 0.29) is 18.1 Å². The predicted molar refractivity (Wildman–Crippen MR) is 138 cm³/mol. The third-order valence-corrected chi connectivity index (χ3v) is 7.22. The van der Waals surface area contributed by atoms with Crippen LogP contribution >= 0.6 is 34.8 Å². The van der Waals surface area contributed by atoms with Crippen molar-refractivity contribution in [2.75, 3.05) is 23.7 Å². The molecule has 2 amide bonds. The number of anilines is 1. The highest BCUT2D eigenvalue weighted by Gasteiger charge is 2.32. The Labute approximate surface area is 216 Å². The van der Waals surface area contributed by atoms with Crippen LogP contribution in [0.5, 0.6) is 0 Å². The molecule has 0 heterocycles. The summed E-state index contributed by atoms with van der Waals surface area (Å²) in [4.78, 5) is 27.8. The quantitative estimate of drug-likeness (QED) is 0.439. The maximum absolute atomic E-state index is 13.6. The van der Waals surface area contributed by atoms with Crippen molar-refractivity contribution in [2.45, 2.75) is 39.3 Å². The molecule has 2 rings (SSSR count). The topological polar surface area (TPSA) is 86.8 Å². The average Bonchev–Trinajstić information content (AvgIpc) is 2.77. The van der Waals surface area contributed by atoms with Gasteiger partial charge in [-0.1, -0.05) is 54.7 Å². The van der Waals surface area contributed by atoms with E-state index in [0.29, 0.717) is 33.6 Å². The Bertz CT molecular complexity index is 1090. The van der Waals surface area contributed by atoms with Gasteiger partial charge in [0.1, 0.15) is 12.6 Å². The molecule has 0 fully saturated rings. The summed E-state index contributed by atoms with van der Waals surface area (Å²) in [5.41, 5.74) is 0.748. The summed E-state index contributed by atoms with van der Waals surface area (Å²) in [6, 6.07) is 10.2. The van der Waals surface area contributed by atoms with Gasteiger partial charge in [-0.3, -0.25) is 13.9 Å². The monoisotopic (exact) mass is 547 g/mol. The molecule has 0 unspecified atom stereocenters. The highest BCUT2D eigenvalue weighted by Crippen LogP contribution is 2.28. The molecule has 0 aliphatic heterocycles. The van der Waals surface area contributed by atoms with E-state index in [1.165, 1.54) is 29.2 Å². The highest BCUT2D eigenvalue weighted by molar-refractivity contribution is 7.92. The molecule has 0 bridgehead atoms. The van der Waals surface area contributed by atoms with Gasteiger partial charge < -0.3 is 10.2 Å². The highest BCUT2D eigenvalue weighted by atomic mass is 35.5. The van der Waals surface area contributed by atoms with E-state index in [9.17, 15) is 18.0 Å². The second kappa shape index (κ2) is 12.6. The minimum Gasteiger partial charge on any atom is -0.354 e. The normalized spacial score (nSPS) is 12.2. The number of carbonyl (C=O) groups is 2. The summed E-state index contributed by atoms with van der Waals surface area (Å²) in [5.74, 6) is -0.909. The van der Waals surface area contributed by atoms with Crippen LogP contribution in [0.15, 0.2) is 42.5 Å². The first kappa shape index (κ1) is 28.2. The van der Waals surface area contributed by atoms with Crippen molar-refractivity contribution in [3.05, 3.63) is 63.1 Å². The van der Waals surface area contributed by atoms with E-state index in [1.54, 1.807) is 25.1 Å². The summed E-state index contributed by atoms with van der Waals surface area (Å²) in [5, 5.41) is 3.92. The van der Waals surface area contributed by atoms with Gasteiger partial charge in [0.05, 0.1) is 11.9 Å². The third-order valence-electron chi connectivity index (χ3n) is 5.12. The first-order chi connectivity index (χ1) is 16.0. The molecule has 1 atom stereocenters. The average molecular weight is 549 g/mol. The zero-order chi connectivity index (χ0) is 25.5. The van der Waals surface area contributed by atoms with Crippen LogP contribution < -0.4 is 9.62 Å². The lowest BCUT2D eigenvalue weighted by Gasteiger charge is -2.33. The number of hydrogen-bond donors (Lipinski definition) is 1. The number of amides is 2. The molecule has 0 aliphatic carbocycles. The first-order valence-electron chi connectivity index (χ1n) is 10.7. The van der Waals surface area contributed by atoms with Crippen LogP contribution in [0.1, 0.15) is 32.3 Å². The zero-order valence-corrected chi connectivity index (χ0v) is 22.3. The lowest BCUT2D eigenvalue weighted by atomic mass is 10.1. The standard InChI is InChI=1S/C23H28Cl3N3O4S/c1-4-13-27-23(31)21(5-2)28(14-18-19(25)7-6-8-20(18)26)22(30)15-29(34(3,32)33)17-11-9-16(24)10-12-17/h6-12,21H,4-5,13-15H2,1-3H3,(H,27,31)/t21-/m1/s1. The van der Waals surface area contributed by atoms with Crippen molar-refractivity contribution in [2.24, 2.45) is 0 Å². The second-order valence-corrected chi connectivity index (χ2v) is 10.8. The molecule has 7 nitrogen and oxygen atoms in total. The SMILES string of the molecule is CCCNC(=O)[C@@H](CC)N(Cc1c(Cl)cccc1Cl)C(=O)CN(c1ccc(Cl)cc1)S(C)(=O)=O. The van der Waals surface area contributed by atoms with Crippen LogP contribution in [-0.4, -0.2) is 50.5 Å². The van der Waals surface area contributed by atoms with Gasteiger partial charge in [-0.2, -0.15) is 0 Å². The van der Waals surface area contributed by atoms with Crippen molar-refractivity contribution in [1.82, 2.24) is 10.2 Å². The molecular weight excluding hydrogens is 521 g/mol. The number of nitrogens with one attached hydrogen (secondary N) is 1. The number of carbonyl (C=O) groups excluding carboxylic acids is 2. The van der Waals surface area contributed by atoms with Gasteiger partial charge in [-0.25, -0.2) is 8.42 Å². The van der Waals surface area contributed by atoms with Crippen LogP contribution in [0, 0.1) is 0 Å². The van der Waals surface area contributed by atoms with Crippen molar-refractivity contribution >= 4 is 62.3 Å². The molecule has 0 aliphatic rings. The van der Waals surface area contributed by atoms with Gasteiger partial charge in [-0.05, 0) is 49.2 Å². The minimum absolute atomic E-state index is 0.0619. The van der Waals surface area contributed by atoms with Crippen molar-refractivity contribution in [3.63, 3.8) is 0 Å². The number of sulfonamides is 1. The number of nitrogens with zero attached hydrogens (tertiary/aromatic N) is 2. The second-order valence-electron chi connectivity index (χ2n) is 7.68. The van der Waals surface area contributed by atoms with E-state index in [2.05, 4.69) is 5.32 Å². The molecular formula is C23H28Cl3N3O4S. The first-order valence-corrected chi connectivity index (χ1v) is 13.7. The van der Waals surface area contributed by atoms with E-state index < -0.39 is 28.5 Å². The molecule has 0 radical (unpaired) electrons. The van der Waals surface area contributed by atoms with E-state index in [0.717, 1.165) is 17.0 Å². The largest absolute Gasteiger partial charge is 0.354 e. The van der Waals surface area contributed by atoms with Crippen molar-refractivity contribution in [1.29, 1.82) is 0 Å². The third kappa shape index (κ3) is 7.50. The molecule has 186 valence electrons. The van der Waals surface area contributed by atoms with Gasteiger partial charge in [0.15, 0.2) is 0 Å². The molecule has 0 saturated heterocycles. The lowest BCUT2D eigenvalue weighted by Crippen LogP contribution is -2.52.